The molecule has 1 aromatic carbocycles. The van der Waals surface area contributed by atoms with Crippen molar-refractivity contribution in [3.8, 4) is 0 Å². The molecule has 4 nitrogen and oxygen atoms in total. The molecule has 5 heteroatoms. The lowest BCUT2D eigenvalue weighted by atomic mass is 10.0. The third-order valence-corrected chi connectivity index (χ3v) is 4.69. The Morgan fingerprint density at radius 3 is 2.45 bits per heavy atom. The number of benzene rings is 1. The molecule has 3 aromatic rings. The van der Waals surface area contributed by atoms with Gasteiger partial charge in [0.15, 0.2) is 0 Å². The molecule has 104 valence electrons. The Morgan fingerprint density at radius 1 is 1.20 bits per heavy atom. The summed E-state index contributed by atoms with van der Waals surface area (Å²) in [6, 6.07) is 7.72. The average Bonchev–Trinajstić information content (AvgIpc) is 3.03. The number of rotatable bonds is 2. The summed E-state index contributed by atoms with van der Waals surface area (Å²) in [5.41, 5.74) is 3.51. The molecular weight excluding hydrogens is 272 g/mol. The van der Waals surface area contributed by atoms with Crippen LogP contribution in [0.4, 0.5) is 0 Å². The van der Waals surface area contributed by atoms with Gasteiger partial charge in [0.2, 0.25) is 0 Å². The van der Waals surface area contributed by atoms with Crippen molar-refractivity contribution >= 4 is 22.4 Å². The van der Waals surface area contributed by atoms with Gasteiger partial charge in [0.05, 0.1) is 11.0 Å². The van der Waals surface area contributed by atoms with Gasteiger partial charge in [-0.2, -0.15) is 0 Å². The minimum atomic E-state index is -0.644. The van der Waals surface area contributed by atoms with E-state index in [4.69, 9.17) is 0 Å². The van der Waals surface area contributed by atoms with Crippen LogP contribution >= 0.6 is 11.3 Å². The number of nitrogens with zero attached hydrogens (tertiary/aromatic N) is 2. The van der Waals surface area contributed by atoms with Crippen LogP contribution in [0.2, 0.25) is 0 Å². The van der Waals surface area contributed by atoms with Gasteiger partial charge in [-0.05, 0) is 41.6 Å². The van der Waals surface area contributed by atoms with Gasteiger partial charge < -0.3 is 5.11 Å². The zero-order chi connectivity index (χ0) is 14.4. The fraction of sp³-hybridized carbons (Fsp3) is 0.267. The predicted molar refractivity (Wildman–Crippen MR) is 81.3 cm³/mol. The van der Waals surface area contributed by atoms with Crippen LogP contribution in [-0.2, 0) is 14.1 Å². The molecule has 2 heterocycles. The first-order valence-corrected chi connectivity index (χ1v) is 7.26. The van der Waals surface area contributed by atoms with Gasteiger partial charge in [-0.1, -0.05) is 6.07 Å². The van der Waals surface area contributed by atoms with E-state index in [1.807, 2.05) is 36.6 Å². The van der Waals surface area contributed by atoms with Gasteiger partial charge >= 0.3 is 5.69 Å². The molecule has 0 bridgehead atoms. The lowest BCUT2D eigenvalue weighted by Crippen LogP contribution is -2.19. The summed E-state index contributed by atoms with van der Waals surface area (Å²) in [6.45, 7) is 1.96. The number of aryl methyl sites for hydroxylation is 3. The van der Waals surface area contributed by atoms with Crippen molar-refractivity contribution in [1.29, 1.82) is 0 Å². The van der Waals surface area contributed by atoms with Crippen molar-refractivity contribution in [2.75, 3.05) is 0 Å². The summed E-state index contributed by atoms with van der Waals surface area (Å²) in [6.07, 6.45) is -0.644. The molecule has 0 saturated heterocycles. The Bertz CT molecular complexity index is 828. The summed E-state index contributed by atoms with van der Waals surface area (Å²) in [7, 11) is 3.51. The molecule has 0 radical (unpaired) electrons. The minimum absolute atomic E-state index is 0.0536. The number of aliphatic hydroxyl groups is 1. The number of aromatic nitrogens is 2. The number of fused-ring (bicyclic) bond motifs is 1. The van der Waals surface area contributed by atoms with Crippen molar-refractivity contribution in [2.45, 2.75) is 13.0 Å². The van der Waals surface area contributed by atoms with Gasteiger partial charge in [-0.15, -0.1) is 11.3 Å². The van der Waals surface area contributed by atoms with Crippen LogP contribution in [0.25, 0.3) is 11.0 Å². The third kappa shape index (κ3) is 1.82. The molecule has 1 N–H and O–H groups in total. The minimum Gasteiger partial charge on any atom is -0.383 e. The molecule has 0 saturated carbocycles. The zero-order valence-electron chi connectivity index (χ0n) is 11.6. The van der Waals surface area contributed by atoms with E-state index in [1.165, 1.54) is 11.3 Å². The highest BCUT2D eigenvalue weighted by Crippen LogP contribution is 2.30. The predicted octanol–water partition coefficient (Wildman–Crippen LogP) is 2.33. The van der Waals surface area contributed by atoms with E-state index in [0.29, 0.717) is 0 Å². The number of hydrogen-bond acceptors (Lipinski definition) is 3. The second kappa shape index (κ2) is 4.61. The first kappa shape index (κ1) is 13.1. The lowest BCUT2D eigenvalue weighted by Gasteiger charge is -2.13. The normalized spacial score (nSPS) is 13.0. The van der Waals surface area contributed by atoms with Gasteiger partial charge in [-0.25, -0.2) is 4.79 Å². The van der Waals surface area contributed by atoms with E-state index in [1.54, 1.807) is 23.2 Å². The van der Waals surface area contributed by atoms with Crippen LogP contribution in [0, 0.1) is 6.92 Å². The second-order valence-electron chi connectivity index (χ2n) is 5.02. The van der Waals surface area contributed by atoms with Crippen LogP contribution in [0.5, 0.6) is 0 Å². The van der Waals surface area contributed by atoms with E-state index < -0.39 is 6.10 Å². The topological polar surface area (TPSA) is 47.2 Å². The number of hydrogen-bond donors (Lipinski definition) is 1. The smallest absolute Gasteiger partial charge is 0.328 e. The highest BCUT2D eigenvalue weighted by molar-refractivity contribution is 7.10. The van der Waals surface area contributed by atoms with Gasteiger partial charge in [0, 0.05) is 19.0 Å². The third-order valence-electron chi connectivity index (χ3n) is 3.77. The first-order valence-electron chi connectivity index (χ1n) is 6.38. The molecule has 3 rings (SSSR count). The zero-order valence-corrected chi connectivity index (χ0v) is 12.4. The van der Waals surface area contributed by atoms with Gasteiger partial charge in [0.1, 0.15) is 6.10 Å². The molecule has 0 aliphatic rings. The number of aliphatic hydroxyl groups excluding tert-OH is 1. The Hall–Kier alpha value is -1.85. The summed E-state index contributed by atoms with van der Waals surface area (Å²) in [4.78, 5) is 12.9. The van der Waals surface area contributed by atoms with Crippen LogP contribution < -0.4 is 5.69 Å². The Kier molecular flexibility index (Phi) is 3.03. The molecule has 0 aliphatic carbocycles. The van der Waals surface area contributed by atoms with E-state index in [0.717, 1.165) is 27.0 Å². The highest BCUT2D eigenvalue weighted by atomic mass is 32.1. The summed E-state index contributed by atoms with van der Waals surface area (Å²) in [5, 5.41) is 12.5. The summed E-state index contributed by atoms with van der Waals surface area (Å²) < 4.78 is 3.24. The Balaban J connectivity index is 2.25. The van der Waals surface area contributed by atoms with Crippen LogP contribution in [0.1, 0.15) is 22.1 Å². The van der Waals surface area contributed by atoms with Crippen LogP contribution in [-0.4, -0.2) is 14.2 Å². The van der Waals surface area contributed by atoms with Crippen molar-refractivity contribution in [3.63, 3.8) is 0 Å². The van der Waals surface area contributed by atoms with Crippen LogP contribution in [0.3, 0.4) is 0 Å². The Labute approximate surface area is 120 Å². The highest BCUT2D eigenvalue weighted by Gasteiger charge is 2.17. The quantitative estimate of drug-likeness (QED) is 0.786. The average molecular weight is 288 g/mol. The number of imidazole rings is 1. The maximum Gasteiger partial charge on any atom is 0.328 e. The maximum atomic E-state index is 12.0. The molecule has 1 atom stereocenters. The van der Waals surface area contributed by atoms with E-state index in [9.17, 15) is 9.90 Å². The molecule has 2 aromatic heterocycles. The molecule has 0 fully saturated rings. The molecule has 20 heavy (non-hydrogen) atoms. The van der Waals surface area contributed by atoms with Crippen molar-refractivity contribution in [2.24, 2.45) is 14.1 Å². The van der Waals surface area contributed by atoms with E-state index in [2.05, 4.69) is 0 Å². The molecular formula is C15H16N2O2S. The van der Waals surface area contributed by atoms with E-state index in [-0.39, 0.29) is 5.69 Å². The molecule has 0 amide bonds. The van der Waals surface area contributed by atoms with Crippen molar-refractivity contribution in [1.82, 2.24) is 9.13 Å². The lowest BCUT2D eigenvalue weighted by molar-refractivity contribution is 0.223. The molecule has 0 spiro atoms. The van der Waals surface area contributed by atoms with Crippen molar-refractivity contribution < 1.29 is 5.11 Å². The number of thiophene rings is 1. The largest absolute Gasteiger partial charge is 0.383 e. The standard InChI is InChI=1S/C15H16N2O2S/c1-9-7-11-12(17(3)15(19)16(11)2)8-10(9)14(18)13-5-4-6-20-13/h4-8,14,18H,1-3H3. The Morgan fingerprint density at radius 2 is 1.85 bits per heavy atom. The molecule has 0 aliphatic heterocycles. The van der Waals surface area contributed by atoms with Gasteiger partial charge in [-0.3, -0.25) is 9.13 Å². The fourth-order valence-electron chi connectivity index (χ4n) is 2.56. The van der Waals surface area contributed by atoms with Crippen molar-refractivity contribution in [3.05, 3.63) is 56.1 Å². The monoisotopic (exact) mass is 288 g/mol. The SMILES string of the molecule is Cc1cc2c(cc1C(O)c1cccs1)n(C)c(=O)n2C. The maximum absolute atomic E-state index is 12.0. The van der Waals surface area contributed by atoms with Crippen LogP contribution in [0.15, 0.2) is 34.4 Å². The van der Waals surface area contributed by atoms with Gasteiger partial charge in [0.25, 0.3) is 0 Å². The fourth-order valence-corrected chi connectivity index (χ4v) is 3.29. The summed E-state index contributed by atoms with van der Waals surface area (Å²) in [5.74, 6) is 0. The molecule has 1 unspecified atom stereocenters. The first-order chi connectivity index (χ1) is 9.50. The second-order valence-corrected chi connectivity index (χ2v) is 6.00. The van der Waals surface area contributed by atoms with E-state index >= 15 is 0 Å². The summed E-state index contributed by atoms with van der Waals surface area (Å²) >= 11 is 1.53.